The molecule has 0 saturated heterocycles. The van der Waals surface area contributed by atoms with Gasteiger partial charge in [0.25, 0.3) is 0 Å². The predicted molar refractivity (Wildman–Crippen MR) is 86.9 cm³/mol. The molecule has 1 unspecified atom stereocenters. The number of rotatable bonds is 5. The van der Waals surface area contributed by atoms with Gasteiger partial charge in [-0.3, -0.25) is 0 Å². The summed E-state index contributed by atoms with van der Waals surface area (Å²) in [5, 5.41) is 8.33. The maximum absolute atomic E-state index is 12.5. The number of sulfonamides is 1. The number of nitriles is 1. The quantitative estimate of drug-likeness (QED) is 0.423. The third-order valence-electron chi connectivity index (χ3n) is 3.62. The van der Waals surface area contributed by atoms with E-state index in [0.29, 0.717) is 24.5 Å². The third-order valence-corrected chi connectivity index (χ3v) is 5.49. The molecular weight excluding hydrogens is 319 g/mol. The Morgan fingerprint density at radius 1 is 1.61 bits per heavy atom. The number of hydrogen-bond acceptors (Lipinski definition) is 7. The first-order valence-corrected chi connectivity index (χ1v) is 8.45. The van der Waals surface area contributed by atoms with Gasteiger partial charge in [0.2, 0.25) is 0 Å². The van der Waals surface area contributed by atoms with E-state index >= 15 is 0 Å². The second-order valence-electron chi connectivity index (χ2n) is 5.13. The molecule has 0 aromatic heterocycles. The third kappa shape index (κ3) is 3.87. The summed E-state index contributed by atoms with van der Waals surface area (Å²) in [7, 11) is -1.50. The molecule has 0 fully saturated rings. The van der Waals surface area contributed by atoms with Crippen molar-refractivity contribution in [2.45, 2.75) is 12.3 Å². The van der Waals surface area contributed by atoms with Gasteiger partial charge in [-0.2, -0.15) is 0 Å². The standard InChI is InChI=1S/C13H17BN4O4S/c1-18(13(17)14-22-8-15)23(19,20)7-9-4-5-21-12-3-2-10(16)6-11(9)12/h2-3,6,9H,4-5,7,16-17H2,1H3. The number of benzene rings is 1. The van der Waals surface area contributed by atoms with E-state index in [2.05, 4.69) is 4.65 Å². The van der Waals surface area contributed by atoms with Crippen LogP contribution >= 0.6 is 0 Å². The summed E-state index contributed by atoms with van der Waals surface area (Å²) in [4.78, 5) is 0. The molecule has 0 aliphatic carbocycles. The van der Waals surface area contributed by atoms with Gasteiger partial charge in [-0.25, -0.2) is 0 Å². The number of fused-ring (bicyclic) bond motifs is 1. The first kappa shape index (κ1) is 17.0. The van der Waals surface area contributed by atoms with Crippen LogP contribution in [0.5, 0.6) is 5.75 Å². The van der Waals surface area contributed by atoms with Crippen molar-refractivity contribution in [2.24, 2.45) is 5.73 Å². The van der Waals surface area contributed by atoms with Crippen molar-refractivity contribution in [2.75, 3.05) is 25.1 Å². The molecule has 0 amide bonds. The second kappa shape index (κ2) is 6.79. The van der Waals surface area contributed by atoms with Crippen LogP contribution in [-0.4, -0.2) is 45.0 Å². The van der Waals surface area contributed by atoms with Gasteiger partial charge in [0, 0.05) is 0 Å². The van der Waals surface area contributed by atoms with E-state index in [1.807, 2.05) is 0 Å². The zero-order chi connectivity index (χ0) is 17.0. The second-order valence-corrected chi connectivity index (χ2v) is 7.17. The molecule has 1 atom stereocenters. The number of hydrogen-bond donors (Lipinski definition) is 2. The van der Waals surface area contributed by atoms with Crippen molar-refractivity contribution in [3.63, 3.8) is 0 Å². The summed E-state index contributed by atoms with van der Waals surface area (Å²) in [6, 6.07) is 5.18. The van der Waals surface area contributed by atoms with E-state index in [0.717, 1.165) is 17.0 Å². The summed E-state index contributed by atoms with van der Waals surface area (Å²) < 4.78 is 35.8. The molecule has 1 aromatic rings. The van der Waals surface area contributed by atoms with Gasteiger partial charge in [-0.05, 0) is 0 Å². The fraction of sp³-hybridized carbons (Fsp3) is 0.385. The average molecular weight is 336 g/mol. The molecule has 1 aliphatic heterocycles. The predicted octanol–water partition coefficient (Wildman–Crippen LogP) is -0.441. The van der Waals surface area contributed by atoms with Crippen LogP contribution < -0.4 is 16.2 Å². The Kier molecular flexibility index (Phi) is 5.00. The Balaban J connectivity index is 2.22. The molecule has 4 N–H and O–H groups in total. The normalized spacial score (nSPS) is 17.2. The molecule has 0 radical (unpaired) electrons. The van der Waals surface area contributed by atoms with Crippen LogP contribution in [0.2, 0.25) is 0 Å². The first-order valence-electron chi connectivity index (χ1n) is 6.84. The van der Waals surface area contributed by atoms with Crippen molar-refractivity contribution < 1.29 is 17.8 Å². The maximum atomic E-state index is 12.5. The van der Waals surface area contributed by atoms with E-state index in [-0.39, 0.29) is 17.4 Å². The van der Waals surface area contributed by atoms with Crippen LogP contribution in [0.15, 0.2) is 18.2 Å². The Morgan fingerprint density at radius 3 is 3.04 bits per heavy atom. The van der Waals surface area contributed by atoms with Crippen molar-refractivity contribution in [1.29, 1.82) is 5.26 Å². The van der Waals surface area contributed by atoms with Crippen molar-refractivity contribution >= 4 is 28.5 Å². The molecule has 2 rings (SSSR count). The summed E-state index contributed by atoms with van der Waals surface area (Å²) in [6.07, 6.45) is 1.95. The van der Waals surface area contributed by atoms with Crippen molar-refractivity contribution in [1.82, 2.24) is 4.31 Å². The Bertz CT molecular complexity index is 760. The molecular formula is C13H17BN4O4S. The number of ether oxygens (including phenoxy) is 1. The van der Waals surface area contributed by atoms with Gasteiger partial charge in [0.05, 0.1) is 0 Å². The van der Waals surface area contributed by atoms with E-state index in [4.69, 9.17) is 21.5 Å². The Morgan fingerprint density at radius 2 is 2.35 bits per heavy atom. The Hall–Kier alpha value is -2.41. The molecule has 1 aromatic carbocycles. The summed E-state index contributed by atoms with van der Waals surface area (Å²) in [6.45, 7) is 0.434. The summed E-state index contributed by atoms with van der Waals surface area (Å²) in [5.41, 5.74) is 12.5. The van der Waals surface area contributed by atoms with Gasteiger partial charge in [-0.15, -0.1) is 0 Å². The molecule has 8 nitrogen and oxygen atoms in total. The minimum absolute atomic E-state index is 0.148. The molecule has 122 valence electrons. The molecule has 10 heteroatoms. The van der Waals surface area contributed by atoms with Gasteiger partial charge >= 0.3 is 135 Å². The fourth-order valence-electron chi connectivity index (χ4n) is 2.34. The van der Waals surface area contributed by atoms with Crippen molar-refractivity contribution in [3.05, 3.63) is 23.8 Å². The van der Waals surface area contributed by atoms with E-state index in [1.54, 1.807) is 18.2 Å². The average Bonchev–Trinajstić information content (AvgIpc) is 2.52. The first-order chi connectivity index (χ1) is 10.8. The number of anilines is 1. The van der Waals surface area contributed by atoms with Gasteiger partial charge in [0.1, 0.15) is 0 Å². The monoisotopic (exact) mass is 336 g/mol. The zero-order valence-corrected chi connectivity index (χ0v) is 13.4. The Labute approximate surface area is 135 Å². The van der Waals surface area contributed by atoms with Gasteiger partial charge < -0.3 is 0 Å². The van der Waals surface area contributed by atoms with Crippen LogP contribution in [0.4, 0.5) is 5.69 Å². The van der Waals surface area contributed by atoms with Crippen LogP contribution in [-0.2, 0) is 14.7 Å². The zero-order valence-electron chi connectivity index (χ0n) is 12.6. The molecule has 23 heavy (non-hydrogen) atoms. The molecule has 0 saturated carbocycles. The van der Waals surface area contributed by atoms with E-state index < -0.39 is 10.0 Å². The van der Waals surface area contributed by atoms with E-state index in [1.165, 1.54) is 13.3 Å². The number of nitrogens with two attached hydrogens (primary N) is 2. The molecule has 1 aliphatic rings. The molecule has 0 bridgehead atoms. The fourth-order valence-corrected chi connectivity index (χ4v) is 3.79. The molecule has 1 heterocycles. The van der Waals surface area contributed by atoms with Crippen LogP contribution in [0.1, 0.15) is 17.9 Å². The number of nitrogens with zero attached hydrogens (tertiary/aromatic N) is 2. The van der Waals surface area contributed by atoms with Crippen LogP contribution in [0.25, 0.3) is 0 Å². The van der Waals surface area contributed by atoms with Gasteiger partial charge in [0.15, 0.2) is 0 Å². The summed E-state index contributed by atoms with van der Waals surface area (Å²) in [5.74, 6) is 0.244. The minimum atomic E-state index is -3.69. The summed E-state index contributed by atoms with van der Waals surface area (Å²) >= 11 is 0. The molecule has 0 spiro atoms. The SMILES string of the molecule is CN(C(N)=BOC#N)S(=O)(=O)CC1CCOc2ccc(N)cc21. The van der Waals surface area contributed by atoms with E-state index in [9.17, 15) is 8.42 Å². The van der Waals surface area contributed by atoms with Crippen LogP contribution in [0, 0.1) is 11.5 Å². The van der Waals surface area contributed by atoms with Gasteiger partial charge in [-0.1, -0.05) is 0 Å². The van der Waals surface area contributed by atoms with Crippen molar-refractivity contribution in [3.8, 4) is 12.0 Å². The van der Waals surface area contributed by atoms with Crippen LogP contribution in [0.3, 0.4) is 0 Å². The topological polar surface area (TPSA) is 132 Å². The number of nitrogen functional groups attached to an aromatic ring is 1.